The van der Waals surface area contributed by atoms with Crippen LogP contribution in [0.4, 0.5) is 10.5 Å². The molecule has 0 spiro atoms. The van der Waals surface area contributed by atoms with Crippen molar-refractivity contribution < 1.29 is 62.3 Å². The molecule has 0 radical (unpaired) electrons. The topological polar surface area (TPSA) is 190 Å². The lowest BCUT2D eigenvalue weighted by Gasteiger charge is -2.42. The van der Waals surface area contributed by atoms with Gasteiger partial charge in [0.1, 0.15) is 0 Å². The summed E-state index contributed by atoms with van der Waals surface area (Å²) in [7, 11) is 1.02. The molecular formula is C27H27NO13. The van der Waals surface area contributed by atoms with Gasteiger partial charge >= 0.3 is 35.9 Å². The number of esters is 4. The fraction of sp³-hybridized carbons (Fsp3) is 0.333. The van der Waals surface area contributed by atoms with Crippen molar-refractivity contribution in [1.29, 1.82) is 0 Å². The van der Waals surface area contributed by atoms with Gasteiger partial charge < -0.3 is 33.5 Å². The molecule has 1 aliphatic rings. The van der Waals surface area contributed by atoms with E-state index in [1.54, 1.807) is 36.4 Å². The standard InChI is InChI=1S/C27H27NO13/c1-13(29)37-20-21(38-14(2)30)23(39-15(3)31)26(40-22(20)25(34)36-4)41-27(35)28-19-12-8-7-10-17(19)16-9-5-6-11-18(16)24(32)33/h5-12,20-23,26H,1-4H3,(H,28,35)(H,32,33)/t20-,21+,22?,23+,26-/m0/s1. The largest absolute Gasteiger partial charge is 0.478 e. The van der Waals surface area contributed by atoms with E-state index in [4.69, 9.17) is 28.4 Å². The molecule has 0 aliphatic carbocycles. The molecule has 2 aromatic carbocycles. The van der Waals surface area contributed by atoms with Gasteiger partial charge in [-0.3, -0.25) is 19.7 Å². The molecule has 41 heavy (non-hydrogen) atoms. The minimum absolute atomic E-state index is 0.0256. The quantitative estimate of drug-likeness (QED) is 0.346. The molecule has 218 valence electrons. The Bertz CT molecular complexity index is 1340. The Morgan fingerprint density at radius 3 is 1.85 bits per heavy atom. The minimum Gasteiger partial charge on any atom is -0.478 e. The maximum atomic E-state index is 13.1. The first kappa shape index (κ1) is 30.6. The van der Waals surface area contributed by atoms with Crippen LogP contribution < -0.4 is 5.32 Å². The molecule has 3 rings (SSSR count). The van der Waals surface area contributed by atoms with Gasteiger partial charge in [-0.05, 0) is 17.7 Å². The van der Waals surface area contributed by atoms with E-state index in [2.05, 4.69) is 5.32 Å². The Morgan fingerprint density at radius 2 is 1.27 bits per heavy atom. The predicted molar refractivity (Wildman–Crippen MR) is 136 cm³/mol. The maximum Gasteiger partial charge on any atom is 0.414 e. The van der Waals surface area contributed by atoms with Gasteiger partial charge in [-0.1, -0.05) is 36.4 Å². The molecule has 1 unspecified atom stereocenters. The van der Waals surface area contributed by atoms with Gasteiger partial charge in [-0.2, -0.15) is 0 Å². The fourth-order valence-corrected chi connectivity index (χ4v) is 4.15. The highest BCUT2D eigenvalue weighted by Gasteiger charge is 2.56. The molecule has 0 bridgehead atoms. The molecule has 0 saturated carbocycles. The molecule has 1 saturated heterocycles. The number of hydrogen-bond donors (Lipinski definition) is 2. The van der Waals surface area contributed by atoms with E-state index < -0.39 is 66.6 Å². The summed E-state index contributed by atoms with van der Waals surface area (Å²) in [6.07, 6.45) is -9.76. The van der Waals surface area contributed by atoms with Crippen molar-refractivity contribution in [2.45, 2.75) is 51.5 Å². The van der Waals surface area contributed by atoms with Gasteiger partial charge in [-0.15, -0.1) is 0 Å². The van der Waals surface area contributed by atoms with Crippen LogP contribution in [0.1, 0.15) is 31.1 Å². The van der Waals surface area contributed by atoms with Crippen LogP contribution in [0.2, 0.25) is 0 Å². The zero-order valence-corrected chi connectivity index (χ0v) is 22.4. The first-order valence-corrected chi connectivity index (χ1v) is 12.1. The van der Waals surface area contributed by atoms with Crippen molar-refractivity contribution in [3.8, 4) is 11.1 Å². The van der Waals surface area contributed by atoms with E-state index in [-0.39, 0.29) is 11.3 Å². The summed E-state index contributed by atoms with van der Waals surface area (Å²) in [5.41, 5.74) is 0.753. The van der Waals surface area contributed by atoms with E-state index in [1.807, 2.05) is 0 Å². The minimum atomic E-state index is -1.86. The van der Waals surface area contributed by atoms with Crippen molar-refractivity contribution in [2.75, 3.05) is 12.4 Å². The third kappa shape index (κ3) is 7.57. The third-order valence-corrected chi connectivity index (χ3v) is 5.67. The molecule has 1 heterocycles. The van der Waals surface area contributed by atoms with Crippen LogP contribution in [0.15, 0.2) is 48.5 Å². The molecule has 1 fully saturated rings. The zero-order chi connectivity index (χ0) is 30.3. The average Bonchev–Trinajstić information content (AvgIpc) is 2.90. The Hall–Kier alpha value is -4.98. The predicted octanol–water partition coefficient (Wildman–Crippen LogP) is 2.29. The van der Waals surface area contributed by atoms with Crippen LogP contribution in [0.25, 0.3) is 11.1 Å². The van der Waals surface area contributed by atoms with Crippen molar-refractivity contribution in [3.05, 3.63) is 54.1 Å². The number of hydrogen-bond acceptors (Lipinski definition) is 12. The van der Waals surface area contributed by atoms with Crippen LogP contribution in [-0.2, 0) is 47.6 Å². The van der Waals surface area contributed by atoms with Crippen LogP contribution in [0.5, 0.6) is 0 Å². The van der Waals surface area contributed by atoms with Gasteiger partial charge in [0.25, 0.3) is 0 Å². The summed E-state index contributed by atoms with van der Waals surface area (Å²) in [6, 6.07) is 12.4. The molecule has 5 atom stereocenters. The molecule has 14 heteroatoms. The number of ether oxygens (including phenoxy) is 6. The van der Waals surface area contributed by atoms with Gasteiger partial charge in [0, 0.05) is 26.3 Å². The molecule has 1 aliphatic heterocycles. The number of aromatic carboxylic acids is 1. The normalized spacial score (nSPS) is 21.5. The van der Waals surface area contributed by atoms with Gasteiger partial charge in [0.15, 0.2) is 18.3 Å². The van der Waals surface area contributed by atoms with Crippen molar-refractivity contribution >= 4 is 41.6 Å². The van der Waals surface area contributed by atoms with E-state index >= 15 is 0 Å². The number of carbonyl (C=O) groups is 6. The molecule has 2 aromatic rings. The van der Waals surface area contributed by atoms with Crippen LogP contribution >= 0.6 is 0 Å². The number of carboxylic acids is 1. The molecule has 0 aromatic heterocycles. The monoisotopic (exact) mass is 573 g/mol. The highest BCUT2D eigenvalue weighted by atomic mass is 16.8. The molecule has 1 amide bonds. The lowest BCUT2D eigenvalue weighted by molar-refractivity contribution is -0.287. The number of anilines is 1. The van der Waals surface area contributed by atoms with E-state index in [9.17, 15) is 33.9 Å². The average molecular weight is 574 g/mol. The summed E-state index contributed by atoms with van der Waals surface area (Å²) in [5.74, 6) is -4.95. The summed E-state index contributed by atoms with van der Waals surface area (Å²) in [4.78, 5) is 73.0. The second-order valence-corrected chi connectivity index (χ2v) is 8.60. The molecule has 14 nitrogen and oxygen atoms in total. The number of amides is 1. The van der Waals surface area contributed by atoms with E-state index in [0.717, 1.165) is 27.9 Å². The zero-order valence-electron chi connectivity index (χ0n) is 22.4. The van der Waals surface area contributed by atoms with Crippen molar-refractivity contribution in [1.82, 2.24) is 0 Å². The fourth-order valence-electron chi connectivity index (χ4n) is 4.15. The summed E-state index contributed by atoms with van der Waals surface area (Å²) < 4.78 is 31.3. The SMILES string of the molecule is COC(=O)C1O[C@@H](OC(=O)Nc2ccccc2-c2ccccc2C(=O)O)[C@H](OC(C)=O)[C@H](OC(C)=O)[C@@H]1OC(C)=O. The van der Waals surface area contributed by atoms with Gasteiger partial charge in [-0.25, -0.2) is 14.4 Å². The van der Waals surface area contributed by atoms with E-state index in [1.165, 1.54) is 12.1 Å². The second kappa shape index (κ2) is 13.4. The number of methoxy groups -OCH3 is 1. The third-order valence-electron chi connectivity index (χ3n) is 5.67. The highest BCUT2D eigenvalue weighted by molar-refractivity contribution is 6.00. The number of carboxylic acid groups (broad SMARTS) is 1. The summed E-state index contributed by atoms with van der Waals surface area (Å²) in [6.45, 7) is 3.06. The molecular weight excluding hydrogens is 546 g/mol. The van der Waals surface area contributed by atoms with E-state index in [0.29, 0.717) is 11.1 Å². The summed E-state index contributed by atoms with van der Waals surface area (Å²) >= 11 is 0. The Labute approximate surface area is 233 Å². The van der Waals surface area contributed by atoms with Crippen LogP contribution in [0, 0.1) is 0 Å². The number of nitrogens with one attached hydrogen (secondary N) is 1. The maximum absolute atomic E-state index is 13.1. The highest BCUT2D eigenvalue weighted by Crippen LogP contribution is 2.33. The number of benzene rings is 2. The van der Waals surface area contributed by atoms with Crippen LogP contribution in [-0.4, -0.2) is 78.9 Å². The first-order valence-electron chi connectivity index (χ1n) is 12.1. The van der Waals surface area contributed by atoms with Crippen molar-refractivity contribution in [3.63, 3.8) is 0 Å². The van der Waals surface area contributed by atoms with Crippen LogP contribution in [0.3, 0.4) is 0 Å². The Kier molecular flexibility index (Phi) is 9.98. The van der Waals surface area contributed by atoms with Gasteiger partial charge in [0.05, 0.1) is 18.4 Å². The smallest absolute Gasteiger partial charge is 0.414 e. The lowest BCUT2D eigenvalue weighted by Crippen LogP contribution is -2.64. The second-order valence-electron chi connectivity index (χ2n) is 8.60. The Balaban J connectivity index is 1.97. The number of rotatable bonds is 8. The Morgan fingerprint density at radius 1 is 0.732 bits per heavy atom. The number of carbonyl (C=O) groups excluding carboxylic acids is 5. The molecule has 2 N–H and O–H groups in total. The van der Waals surface area contributed by atoms with Crippen molar-refractivity contribution in [2.24, 2.45) is 0 Å². The van der Waals surface area contributed by atoms with Gasteiger partial charge in [0.2, 0.25) is 12.4 Å². The lowest BCUT2D eigenvalue weighted by atomic mass is 9.97. The summed E-state index contributed by atoms with van der Waals surface area (Å²) in [5, 5.41) is 12.1. The first-order chi connectivity index (χ1) is 19.4. The number of para-hydroxylation sites is 1.